The van der Waals surface area contributed by atoms with Crippen LogP contribution in [0.1, 0.15) is 91.9 Å². The van der Waals surface area contributed by atoms with Crippen LogP contribution in [-0.4, -0.2) is 76.2 Å². The van der Waals surface area contributed by atoms with Gasteiger partial charge < -0.3 is 19.3 Å². The molecule has 0 heterocycles. The molecule has 6 heteroatoms. The summed E-state index contributed by atoms with van der Waals surface area (Å²) in [7, 11) is 7.10. The normalized spacial score (nSPS) is 12.5. The molecule has 0 aromatic rings. The minimum atomic E-state index is 0.140. The van der Waals surface area contributed by atoms with Crippen LogP contribution in [0.3, 0.4) is 0 Å². The highest BCUT2D eigenvalue weighted by atomic mass is 16.5. The summed E-state index contributed by atoms with van der Waals surface area (Å²) in [4.78, 5) is 25.8. The Morgan fingerprint density at radius 2 is 1.00 bits per heavy atom. The van der Waals surface area contributed by atoms with Crippen LogP contribution in [0.15, 0.2) is 0 Å². The number of carbonyl (C=O) groups excluding carboxylic acids is 2. The van der Waals surface area contributed by atoms with Crippen molar-refractivity contribution >= 4 is 11.8 Å². The highest BCUT2D eigenvalue weighted by Crippen LogP contribution is 2.13. The van der Waals surface area contributed by atoms with Crippen molar-refractivity contribution in [3.8, 4) is 0 Å². The SMILES string of the molecule is CCCCC(CC)COCCC(=O)N(C)C.CCCCC(CC)COCCC(=O)N(C)C. The molecule has 0 aromatic heterocycles. The molecule has 0 aliphatic rings. The van der Waals surface area contributed by atoms with E-state index in [9.17, 15) is 9.59 Å². The van der Waals surface area contributed by atoms with Crippen LogP contribution in [0.5, 0.6) is 0 Å². The predicted molar refractivity (Wildman–Crippen MR) is 135 cm³/mol. The fourth-order valence-electron chi connectivity index (χ4n) is 3.06. The quantitative estimate of drug-likeness (QED) is 0.258. The largest absolute Gasteiger partial charge is 0.381 e. The van der Waals surface area contributed by atoms with Gasteiger partial charge in [0.15, 0.2) is 0 Å². The Labute approximate surface area is 199 Å². The molecule has 0 radical (unpaired) electrons. The number of amides is 2. The smallest absolute Gasteiger partial charge is 0.224 e. The van der Waals surface area contributed by atoms with Crippen LogP contribution in [0.4, 0.5) is 0 Å². The molecular formula is C26H54N2O4. The van der Waals surface area contributed by atoms with Gasteiger partial charge >= 0.3 is 0 Å². The van der Waals surface area contributed by atoms with Gasteiger partial charge in [-0.15, -0.1) is 0 Å². The average molecular weight is 459 g/mol. The fraction of sp³-hybridized carbons (Fsp3) is 0.923. The number of hydrogen-bond donors (Lipinski definition) is 0. The molecule has 2 unspecified atom stereocenters. The molecule has 0 aliphatic carbocycles. The van der Waals surface area contributed by atoms with Crippen molar-refractivity contribution in [3.05, 3.63) is 0 Å². The second-order valence-corrected chi connectivity index (χ2v) is 9.06. The average Bonchev–Trinajstić information content (AvgIpc) is 2.78. The summed E-state index contributed by atoms with van der Waals surface area (Å²) in [5.74, 6) is 1.60. The van der Waals surface area contributed by atoms with E-state index in [2.05, 4.69) is 27.7 Å². The van der Waals surface area contributed by atoms with Gasteiger partial charge in [-0.2, -0.15) is 0 Å². The van der Waals surface area contributed by atoms with Gasteiger partial charge in [-0.1, -0.05) is 66.2 Å². The zero-order valence-electron chi connectivity index (χ0n) is 22.6. The first kappa shape index (κ1) is 33.0. The maximum Gasteiger partial charge on any atom is 0.224 e. The molecule has 0 N–H and O–H groups in total. The van der Waals surface area contributed by atoms with Gasteiger partial charge in [-0.05, 0) is 24.7 Å². The van der Waals surface area contributed by atoms with Crippen molar-refractivity contribution in [1.29, 1.82) is 0 Å². The van der Waals surface area contributed by atoms with Gasteiger partial charge in [0.2, 0.25) is 11.8 Å². The molecule has 2 atom stereocenters. The van der Waals surface area contributed by atoms with Crippen molar-refractivity contribution in [2.75, 3.05) is 54.6 Å². The number of ether oxygens (including phenoxy) is 2. The van der Waals surface area contributed by atoms with E-state index in [-0.39, 0.29) is 11.8 Å². The maximum absolute atomic E-state index is 11.3. The van der Waals surface area contributed by atoms with Crippen molar-refractivity contribution in [2.45, 2.75) is 91.9 Å². The summed E-state index contributed by atoms with van der Waals surface area (Å²) in [6, 6.07) is 0. The Morgan fingerprint density at radius 3 is 1.25 bits per heavy atom. The number of carbonyl (C=O) groups is 2. The summed E-state index contributed by atoms with van der Waals surface area (Å²) in [6.45, 7) is 11.5. The van der Waals surface area contributed by atoms with Crippen LogP contribution >= 0.6 is 0 Å². The Bertz CT molecular complexity index is 402. The molecular weight excluding hydrogens is 404 g/mol. The maximum atomic E-state index is 11.3. The van der Waals surface area contributed by atoms with E-state index in [1.165, 1.54) is 51.4 Å². The summed E-state index contributed by atoms with van der Waals surface area (Å²) in [6.07, 6.45) is 10.9. The second kappa shape index (κ2) is 23.0. The molecule has 0 spiro atoms. The third-order valence-electron chi connectivity index (χ3n) is 5.71. The van der Waals surface area contributed by atoms with Crippen molar-refractivity contribution in [2.24, 2.45) is 11.8 Å². The minimum Gasteiger partial charge on any atom is -0.381 e. The lowest BCUT2D eigenvalue weighted by Gasteiger charge is -2.15. The lowest BCUT2D eigenvalue weighted by Crippen LogP contribution is -2.23. The van der Waals surface area contributed by atoms with Gasteiger partial charge in [-0.25, -0.2) is 0 Å². The number of rotatable bonds is 18. The minimum absolute atomic E-state index is 0.140. The van der Waals surface area contributed by atoms with E-state index < -0.39 is 0 Å². The summed E-state index contributed by atoms with van der Waals surface area (Å²) >= 11 is 0. The highest BCUT2D eigenvalue weighted by molar-refractivity contribution is 5.75. The van der Waals surface area contributed by atoms with Crippen LogP contribution in [0, 0.1) is 11.8 Å². The molecule has 0 rings (SSSR count). The third-order valence-corrected chi connectivity index (χ3v) is 5.71. The van der Waals surface area contributed by atoms with E-state index >= 15 is 0 Å². The first-order valence-corrected chi connectivity index (χ1v) is 12.8. The zero-order valence-corrected chi connectivity index (χ0v) is 22.6. The molecule has 32 heavy (non-hydrogen) atoms. The molecule has 0 fully saturated rings. The van der Waals surface area contributed by atoms with E-state index in [4.69, 9.17) is 9.47 Å². The Morgan fingerprint density at radius 1 is 0.656 bits per heavy atom. The Balaban J connectivity index is 0. The van der Waals surface area contributed by atoms with Gasteiger partial charge in [0.05, 0.1) is 26.1 Å². The monoisotopic (exact) mass is 458 g/mol. The Hall–Kier alpha value is -1.14. The number of unbranched alkanes of at least 4 members (excludes halogenated alkanes) is 2. The lowest BCUT2D eigenvalue weighted by molar-refractivity contribution is -0.130. The fourth-order valence-corrected chi connectivity index (χ4v) is 3.06. The van der Waals surface area contributed by atoms with Gasteiger partial charge in [-0.3, -0.25) is 9.59 Å². The summed E-state index contributed by atoms with van der Waals surface area (Å²) in [5, 5.41) is 0. The topological polar surface area (TPSA) is 59.1 Å². The molecule has 2 amide bonds. The van der Waals surface area contributed by atoms with Crippen LogP contribution in [0.2, 0.25) is 0 Å². The molecule has 0 bridgehead atoms. The van der Waals surface area contributed by atoms with E-state index in [0.29, 0.717) is 37.9 Å². The van der Waals surface area contributed by atoms with Gasteiger partial charge in [0.25, 0.3) is 0 Å². The first-order valence-electron chi connectivity index (χ1n) is 12.8. The number of nitrogens with zero attached hydrogens (tertiary/aromatic N) is 2. The van der Waals surface area contributed by atoms with Gasteiger partial charge in [0.1, 0.15) is 0 Å². The van der Waals surface area contributed by atoms with E-state index in [1.54, 1.807) is 38.0 Å². The zero-order chi connectivity index (χ0) is 24.8. The second-order valence-electron chi connectivity index (χ2n) is 9.06. The summed E-state index contributed by atoms with van der Waals surface area (Å²) in [5.41, 5.74) is 0. The van der Waals surface area contributed by atoms with Crippen LogP contribution in [0.25, 0.3) is 0 Å². The molecule has 6 nitrogen and oxygen atoms in total. The highest BCUT2D eigenvalue weighted by Gasteiger charge is 2.08. The third kappa shape index (κ3) is 20.7. The molecule has 0 saturated heterocycles. The Kier molecular flexibility index (Phi) is 23.8. The van der Waals surface area contributed by atoms with E-state index in [0.717, 1.165) is 13.2 Å². The van der Waals surface area contributed by atoms with Crippen molar-refractivity contribution in [1.82, 2.24) is 9.80 Å². The van der Waals surface area contributed by atoms with E-state index in [1.807, 2.05) is 0 Å². The lowest BCUT2D eigenvalue weighted by atomic mass is 10.0. The predicted octanol–water partition coefficient (Wildman–Crippen LogP) is 5.40. The number of hydrogen-bond acceptors (Lipinski definition) is 4. The van der Waals surface area contributed by atoms with Crippen molar-refractivity contribution in [3.63, 3.8) is 0 Å². The standard InChI is InChI=1S/2C13H27NO2/c2*1-5-7-8-12(6-2)11-16-10-9-13(15)14(3)4/h2*12H,5-11H2,1-4H3. The van der Waals surface area contributed by atoms with Crippen molar-refractivity contribution < 1.29 is 19.1 Å². The molecule has 0 aromatic carbocycles. The first-order chi connectivity index (χ1) is 15.2. The van der Waals surface area contributed by atoms with Crippen LogP contribution in [-0.2, 0) is 19.1 Å². The molecule has 0 saturated carbocycles. The molecule has 192 valence electrons. The molecule has 0 aliphatic heterocycles. The summed E-state index contributed by atoms with van der Waals surface area (Å²) < 4.78 is 11.1. The van der Waals surface area contributed by atoms with Gasteiger partial charge in [0, 0.05) is 41.4 Å². The van der Waals surface area contributed by atoms with Crippen LogP contribution < -0.4 is 0 Å².